The molecule has 0 aliphatic carbocycles. The summed E-state index contributed by atoms with van der Waals surface area (Å²) in [4.78, 5) is 8.15. The number of hydrogen-bond acceptors (Lipinski definition) is 6. The molecule has 7 nitrogen and oxygen atoms in total. The number of thioether (sulfide) groups is 1. The van der Waals surface area contributed by atoms with Gasteiger partial charge in [-0.3, -0.25) is 0 Å². The van der Waals surface area contributed by atoms with E-state index in [4.69, 9.17) is 0 Å². The third-order valence-corrected chi connectivity index (χ3v) is 5.46. The fourth-order valence-corrected chi connectivity index (χ4v) is 3.42. The average molecular weight is 436 g/mol. The van der Waals surface area contributed by atoms with E-state index in [-0.39, 0.29) is 0 Å². The van der Waals surface area contributed by atoms with Crippen LogP contribution in [-0.2, 0) is 26.2 Å². The zero-order valence-electron chi connectivity index (χ0n) is 16.0. The Balaban J connectivity index is 1.91. The van der Waals surface area contributed by atoms with Crippen molar-refractivity contribution in [2.45, 2.75) is 32.5 Å². The Labute approximate surface area is 170 Å². The van der Waals surface area contributed by atoms with E-state index >= 15 is 0 Å². The van der Waals surface area contributed by atoms with Gasteiger partial charge in [-0.2, -0.15) is 24.9 Å². The minimum absolute atomic E-state index is 0.352. The molecular formula is C16H24F3N7S2. The molecule has 0 saturated heterocycles. The molecule has 156 valence electrons. The third-order valence-electron chi connectivity index (χ3n) is 3.85. The van der Waals surface area contributed by atoms with Crippen molar-refractivity contribution < 1.29 is 13.2 Å². The highest BCUT2D eigenvalue weighted by molar-refractivity contribution is 7.98. The van der Waals surface area contributed by atoms with Gasteiger partial charge in [-0.05, 0) is 25.4 Å². The zero-order chi connectivity index (χ0) is 20.6. The standard InChI is InChI=1S/C16H24F3N7S2/c1-11-24-25-13(26(11)2)9-22-15(20-6-4-8-27-3)21-7-5-14-23-12(10-28-14)16(17,18)19/h10H,4-9H2,1-3H3,(H2,20,21,22). The summed E-state index contributed by atoms with van der Waals surface area (Å²) in [6.45, 7) is 3.39. The maximum Gasteiger partial charge on any atom is 0.434 e. The van der Waals surface area contributed by atoms with E-state index in [1.165, 1.54) is 0 Å². The molecule has 0 aliphatic heterocycles. The molecule has 0 amide bonds. The predicted molar refractivity (Wildman–Crippen MR) is 107 cm³/mol. The molecule has 2 N–H and O–H groups in total. The van der Waals surface area contributed by atoms with E-state index in [2.05, 4.69) is 30.8 Å². The molecule has 0 aromatic carbocycles. The maximum absolute atomic E-state index is 12.6. The Bertz CT molecular complexity index is 771. The van der Waals surface area contributed by atoms with Crippen LogP contribution in [0, 0.1) is 6.92 Å². The summed E-state index contributed by atoms with van der Waals surface area (Å²) in [6, 6.07) is 0. The first-order valence-corrected chi connectivity index (χ1v) is 11.0. The number of nitrogens with one attached hydrogen (secondary N) is 2. The summed E-state index contributed by atoms with van der Waals surface area (Å²) in [5.41, 5.74) is -0.839. The number of hydrogen-bond donors (Lipinski definition) is 2. The van der Waals surface area contributed by atoms with Crippen molar-refractivity contribution in [1.82, 2.24) is 30.4 Å². The summed E-state index contributed by atoms with van der Waals surface area (Å²) in [6.07, 6.45) is -0.990. The fourth-order valence-electron chi connectivity index (χ4n) is 2.18. The fraction of sp³-hybridized carbons (Fsp3) is 0.625. The molecule has 0 fully saturated rings. The molecule has 2 aromatic heterocycles. The average Bonchev–Trinajstić information content (AvgIpc) is 3.24. The molecule has 0 spiro atoms. The molecule has 28 heavy (non-hydrogen) atoms. The third kappa shape index (κ3) is 6.97. The lowest BCUT2D eigenvalue weighted by molar-refractivity contribution is -0.140. The van der Waals surface area contributed by atoms with Gasteiger partial charge >= 0.3 is 6.18 Å². The van der Waals surface area contributed by atoms with Crippen LogP contribution in [0.3, 0.4) is 0 Å². The first-order valence-electron chi connectivity index (χ1n) is 8.69. The summed E-state index contributed by atoms with van der Waals surface area (Å²) in [5, 5.41) is 16.0. The molecule has 0 bridgehead atoms. The number of aryl methyl sites for hydroxylation is 1. The second kappa shape index (κ2) is 10.6. The van der Waals surface area contributed by atoms with Gasteiger partial charge in [-0.15, -0.1) is 21.5 Å². The van der Waals surface area contributed by atoms with Crippen molar-refractivity contribution >= 4 is 29.1 Å². The second-order valence-electron chi connectivity index (χ2n) is 5.96. The highest BCUT2D eigenvalue weighted by atomic mass is 32.2. The number of guanidine groups is 1. The van der Waals surface area contributed by atoms with E-state index < -0.39 is 11.9 Å². The molecule has 0 unspecified atom stereocenters. The van der Waals surface area contributed by atoms with Crippen molar-refractivity contribution in [3.8, 4) is 0 Å². The number of aromatic nitrogens is 4. The minimum Gasteiger partial charge on any atom is -0.356 e. The number of halogens is 3. The van der Waals surface area contributed by atoms with Gasteiger partial charge in [-0.1, -0.05) is 0 Å². The topological polar surface area (TPSA) is 80.0 Å². The second-order valence-corrected chi connectivity index (χ2v) is 7.89. The van der Waals surface area contributed by atoms with E-state index in [0.717, 1.165) is 47.1 Å². The summed E-state index contributed by atoms with van der Waals surface area (Å²) < 4.78 is 39.8. The first-order chi connectivity index (χ1) is 13.3. The van der Waals surface area contributed by atoms with Crippen LogP contribution < -0.4 is 10.6 Å². The van der Waals surface area contributed by atoms with Crippen LogP contribution in [0.2, 0.25) is 0 Å². The van der Waals surface area contributed by atoms with Crippen LogP contribution in [0.15, 0.2) is 10.4 Å². The Morgan fingerprint density at radius 1 is 1.29 bits per heavy atom. The van der Waals surface area contributed by atoms with Gasteiger partial charge in [0.25, 0.3) is 0 Å². The van der Waals surface area contributed by atoms with Crippen molar-refractivity contribution in [2.24, 2.45) is 12.0 Å². The molecule has 12 heteroatoms. The first kappa shape index (κ1) is 22.5. The molecular weight excluding hydrogens is 411 g/mol. The lowest BCUT2D eigenvalue weighted by atomic mass is 10.4. The number of alkyl halides is 3. The quantitative estimate of drug-likeness (QED) is 0.358. The normalized spacial score (nSPS) is 12.4. The number of aliphatic imine (C=N–C) groups is 1. The molecule has 2 heterocycles. The molecule has 0 atom stereocenters. The highest BCUT2D eigenvalue weighted by Crippen LogP contribution is 2.29. The Morgan fingerprint density at radius 2 is 2.04 bits per heavy atom. The summed E-state index contributed by atoms with van der Waals surface area (Å²) in [7, 11) is 1.87. The van der Waals surface area contributed by atoms with Gasteiger partial charge in [0.15, 0.2) is 17.5 Å². The zero-order valence-corrected chi connectivity index (χ0v) is 17.6. The van der Waals surface area contributed by atoms with E-state index in [9.17, 15) is 13.2 Å². The van der Waals surface area contributed by atoms with Gasteiger partial charge in [-0.25, -0.2) is 9.98 Å². The van der Waals surface area contributed by atoms with Crippen molar-refractivity contribution in [3.63, 3.8) is 0 Å². The molecule has 0 aliphatic rings. The van der Waals surface area contributed by atoms with E-state index in [0.29, 0.717) is 30.5 Å². The molecule has 2 rings (SSSR count). The minimum atomic E-state index is -4.40. The van der Waals surface area contributed by atoms with Crippen LogP contribution in [0.5, 0.6) is 0 Å². The van der Waals surface area contributed by atoms with Gasteiger partial charge in [0.05, 0.1) is 5.01 Å². The largest absolute Gasteiger partial charge is 0.434 e. The van der Waals surface area contributed by atoms with Crippen molar-refractivity contribution in [2.75, 3.05) is 25.1 Å². The van der Waals surface area contributed by atoms with Crippen LogP contribution >= 0.6 is 23.1 Å². The van der Waals surface area contributed by atoms with Crippen LogP contribution in [0.4, 0.5) is 13.2 Å². The van der Waals surface area contributed by atoms with Crippen molar-refractivity contribution in [3.05, 3.63) is 27.7 Å². The lowest BCUT2D eigenvalue weighted by Gasteiger charge is -2.12. The molecule has 0 saturated carbocycles. The van der Waals surface area contributed by atoms with Gasteiger partial charge in [0.2, 0.25) is 0 Å². The Kier molecular flexibility index (Phi) is 8.55. The Morgan fingerprint density at radius 3 is 2.64 bits per heavy atom. The summed E-state index contributed by atoms with van der Waals surface area (Å²) in [5.74, 6) is 3.16. The summed E-state index contributed by atoms with van der Waals surface area (Å²) >= 11 is 2.78. The van der Waals surface area contributed by atoms with Crippen LogP contribution in [0.1, 0.15) is 28.8 Å². The van der Waals surface area contributed by atoms with Crippen molar-refractivity contribution in [1.29, 1.82) is 0 Å². The number of nitrogens with zero attached hydrogens (tertiary/aromatic N) is 5. The van der Waals surface area contributed by atoms with Gasteiger partial charge < -0.3 is 15.2 Å². The predicted octanol–water partition coefficient (Wildman–Crippen LogP) is 2.63. The monoisotopic (exact) mass is 435 g/mol. The van der Waals surface area contributed by atoms with E-state index in [1.54, 1.807) is 11.8 Å². The molecule has 2 aromatic rings. The smallest absolute Gasteiger partial charge is 0.356 e. The van der Waals surface area contributed by atoms with E-state index in [1.807, 2.05) is 24.8 Å². The van der Waals surface area contributed by atoms with Crippen LogP contribution in [0.25, 0.3) is 0 Å². The van der Waals surface area contributed by atoms with Crippen LogP contribution in [-0.4, -0.2) is 50.8 Å². The molecule has 0 radical (unpaired) electrons. The van der Waals surface area contributed by atoms with Gasteiger partial charge in [0, 0.05) is 31.9 Å². The lowest BCUT2D eigenvalue weighted by Crippen LogP contribution is -2.39. The maximum atomic E-state index is 12.6. The number of rotatable bonds is 9. The van der Waals surface area contributed by atoms with Gasteiger partial charge in [0.1, 0.15) is 12.4 Å². The SMILES string of the molecule is CSCCCNC(=NCc1nnc(C)n1C)NCCc1nc(C(F)(F)F)cs1. The number of thiazole rings is 1. The highest BCUT2D eigenvalue weighted by Gasteiger charge is 2.33. The Hall–Kier alpha value is -1.82.